The quantitative estimate of drug-likeness (QED) is 0.213. The zero-order valence-electron chi connectivity index (χ0n) is 10.9. The Morgan fingerprint density at radius 1 is 0.643 bits per heavy atom. The molecule has 0 spiro atoms. The fourth-order valence-electron chi connectivity index (χ4n) is 0. The van der Waals surface area contributed by atoms with E-state index in [1.54, 1.807) is 0 Å². The second-order valence-corrected chi connectivity index (χ2v) is 2.69. The second-order valence-electron chi connectivity index (χ2n) is 0.896. The van der Waals surface area contributed by atoms with Gasteiger partial charge < -0.3 is 10.4 Å². The van der Waals surface area contributed by atoms with Crippen LogP contribution in [-0.4, -0.2) is 35.0 Å². The van der Waals surface area contributed by atoms with Crippen LogP contribution >= 0.6 is 0 Å². The third kappa shape index (κ3) is 378. The SMILES string of the molecule is N.O=S(=O)(O)O.O=S(=O)(O)O.[H-].[H-].[H-].[Na+].[Na+].[Na+]. The van der Waals surface area contributed by atoms with E-state index in [-0.39, 0.29) is 99.1 Å². The van der Waals surface area contributed by atoms with E-state index in [2.05, 4.69) is 0 Å². The van der Waals surface area contributed by atoms with Crippen LogP contribution in [0.15, 0.2) is 0 Å². The van der Waals surface area contributed by atoms with Crippen molar-refractivity contribution in [3.63, 3.8) is 0 Å². The van der Waals surface area contributed by atoms with Crippen molar-refractivity contribution in [2.75, 3.05) is 0 Å². The predicted octanol–water partition coefficient (Wildman–Crippen LogP) is -9.79. The van der Waals surface area contributed by atoms with Crippen LogP contribution in [0.3, 0.4) is 0 Å². The Morgan fingerprint density at radius 2 is 0.643 bits per heavy atom. The monoisotopic (exact) mass is 285 g/mol. The zero-order chi connectivity index (χ0) is 9.00. The van der Waals surface area contributed by atoms with Crippen LogP contribution in [0, 0.1) is 0 Å². The van der Waals surface area contributed by atoms with Crippen molar-refractivity contribution in [3.8, 4) is 0 Å². The maximum Gasteiger partial charge on any atom is 1.00 e. The Bertz CT molecular complexity index is 230. The van der Waals surface area contributed by atoms with E-state index < -0.39 is 20.8 Å². The van der Waals surface area contributed by atoms with Crippen molar-refractivity contribution in [1.29, 1.82) is 0 Å². The molecule has 0 atom stereocenters. The topological polar surface area (TPSA) is 184 Å². The van der Waals surface area contributed by atoms with E-state index in [0.29, 0.717) is 0 Å². The molecular weight excluding hydrogens is 275 g/mol. The Kier molecular flexibility index (Phi) is 40.3. The van der Waals surface area contributed by atoms with E-state index in [9.17, 15) is 0 Å². The van der Waals surface area contributed by atoms with Crippen LogP contribution in [0.4, 0.5) is 0 Å². The molecule has 0 aliphatic rings. The fraction of sp³-hybridized carbons (Fsp3) is 0. The molecule has 0 aromatic heterocycles. The molecule has 0 saturated heterocycles. The minimum absolute atomic E-state index is 0. The first kappa shape index (κ1) is 36.0. The van der Waals surface area contributed by atoms with E-state index in [4.69, 9.17) is 35.0 Å². The fourth-order valence-corrected chi connectivity index (χ4v) is 0. The van der Waals surface area contributed by atoms with Crippen molar-refractivity contribution in [1.82, 2.24) is 6.15 Å². The summed E-state index contributed by atoms with van der Waals surface area (Å²) in [6.45, 7) is 0. The zero-order valence-corrected chi connectivity index (χ0v) is 15.6. The van der Waals surface area contributed by atoms with Gasteiger partial charge in [0.25, 0.3) is 0 Å². The summed E-state index contributed by atoms with van der Waals surface area (Å²) in [6, 6.07) is 0. The van der Waals surface area contributed by atoms with Crippen LogP contribution in [-0.2, 0) is 20.8 Å². The van der Waals surface area contributed by atoms with Crippen molar-refractivity contribution < 1.29 is 128 Å². The summed E-state index contributed by atoms with van der Waals surface area (Å²) in [5.41, 5.74) is 0. The van der Waals surface area contributed by atoms with Gasteiger partial charge in [0.05, 0.1) is 0 Å². The Hall–Kier alpha value is 2.70. The molecule has 0 radical (unpaired) electrons. The largest absolute Gasteiger partial charge is 1.00 e. The van der Waals surface area contributed by atoms with Gasteiger partial charge in [-0.1, -0.05) is 0 Å². The van der Waals surface area contributed by atoms with Gasteiger partial charge in [-0.3, -0.25) is 18.2 Å². The maximum absolute atomic E-state index is 8.74. The molecule has 0 rings (SSSR count). The first-order valence-corrected chi connectivity index (χ1v) is 4.19. The molecule has 0 aliphatic heterocycles. The van der Waals surface area contributed by atoms with E-state index in [1.165, 1.54) is 0 Å². The number of rotatable bonds is 0. The third-order valence-electron chi connectivity index (χ3n) is 0. The first-order chi connectivity index (χ1) is 4.00. The van der Waals surface area contributed by atoms with Gasteiger partial charge in [-0.25, -0.2) is 0 Å². The van der Waals surface area contributed by atoms with Crippen molar-refractivity contribution >= 4 is 20.8 Å². The molecule has 0 unspecified atom stereocenters. The maximum atomic E-state index is 8.74. The summed E-state index contributed by atoms with van der Waals surface area (Å²) in [5.74, 6) is 0. The van der Waals surface area contributed by atoms with Crippen molar-refractivity contribution in [3.05, 3.63) is 0 Å². The molecular formula is H10NNa3O8S2. The summed E-state index contributed by atoms with van der Waals surface area (Å²) in [7, 11) is -9.33. The minimum Gasteiger partial charge on any atom is -1.00 e. The average molecular weight is 285 g/mol. The molecule has 0 aliphatic carbocycles. The van der Waals surface area contributed by atoms with Gasteiger partial charge in [0.2, 0.25) is 0 Å². The molecule has 0 aromatic rings. The second kappa shape index (κ2) is 15.7. The molecule has 0 heterocycles. The van der Waals surface area contributed by atoms with Gasteiger partial charge in [-0.05, 0) is 0 Å². The van der Waals surface area contributed by atoms with Gasteiger partial charge in [0.15, 0.2) is 0 Å². The number of hydrogen-bond donors (Lipinski definition) is 5. The van der Waals surface area contributed by atoms with Gasteiger partial charge >= 0.3 is 109 Å². The molecule has 0 bridgehead atoms. The van der Waals surface area contributed by atoms with Crippen LogP contribution < -0.4 is 94.8 Å². The molecule has 0 fully saturated rings. The summed E-state index contributed by atoms with van der Waals surface area (Å²) in [5, 5.41) is 0. The van der Waals surface area contributed by atoms with Gasteiger partial charge in [-0.15, -0.1) is 0 Å². The molecule has 7 N–H and O–H groups in total. The summed E-state index contributed by atoms with van der Waals surface area (Å²) in [4.78, 5) is 0. The Labute approximate surface area is 152 Å². The molecule has 78 valence electrons. The smallest absolute Gasteiger partial charge is 1.00 e. The Balaban J connectivity index is -0.00000000762. The molecule has 9 nitrogen and oxygen atoms in total. The average Bonchev–Trinajstić information content (AvgIpc) is 1.12. The van der Waals surface area contributed by atoms with Crippen LogP contribution in [0.5, 0.6) is 0 Å². The molecule has 0 amide bonds. The number of hydrogen-bond acceptors (Lipinski definition) is 5. The van der Waals surface area contributed by atoms with Gasteiger partial charge in [0, 0.05) is 0 Å². The van der Waals surface area contributed by atoms with Crippen LogP contribution in [0.2, 0.25) is 0 Å². The summed E-state index contributed by atoms with van der Waals surface area (Å²) >= 11 is 0. The third-order valence-corrected chi connectivity index (χ3v) is 0. The van der Waals surface area contributed by atoms with E-state index in [1.807, 2.05) is 0 Å². The molecule has 0 saturated carbocycles. The van der Waals surface area contributed by atoms with E-state index in [0.717, 1.165) is 0 Å². The summed E-state index contributed by atoms with van der Waals surface area (Å²) < 4.78 is 63.2. The van der Waals surface area contributed by atoms with Gasteiger partial charge in [0.1, 0.15) is 0 Å². The van der Waals surface area contributed by atoms with E-state index >= 15 is 0 Å². The van der Waals surface area contributed by atoms with Gasteiger partial charge in [-0.2, -0.15) is 16.8 Å². The minimum atomic E-state index is -4.67. The van der Waals surface area contributed by atoms with Crippen molar-refractivity contribution in [2.45, 2.75) is 0 Å². The van der Waals surface area contributed by atoms with Crippen LogP contribution in [0.1, 0.15) is 4.28 Å². The first-order valence-electron chi connectivity index (χ1n) is 1.40. The van der Waals surface area contributed by atoms with Crippen LogP contribution in [0.25, 0.3) is 0 Å². The predicted molar refractivity (Wildman–Crippen MR) is 36.7 cm³/mol. The standard InChI is InChI=1S/H3N.3Na.2H2O4S.3H/c;;;;2*1-5(2,3)4;;;/h1H3;;;;2*(H2,1,2,3,4);;;/q;3*+1;;;3*-1. The molecule has 14 heavy (non-hydrogen) atoms. The normalized spacial score (nSPS) is 8.29. The Morgan fingerprint density at radius 3 is 0.643 bits per heavy atom. The molecule has 14 heteroatoms. The molecule has 0 aromatic carbocycles. The van der Waals surface area contributed by atoms with Crippen molar-refractivity contribution in [2.24, 2.45) is 0 Å². The summed E-state index contributed by atoms with van der Waals surface area (Å²) in [6.07, 6.45) is 0.